The zero-order valence-corrected chi connectivity index (χ0v) is 14.5. The number of aromatic nitrogens is 3. The topological polar surface area (TPSA) is 142 Å². The summed E-state index contributed by atoms with van der Waals surface area (Å²) in [6, 6.07) is 1.23. The smallest absolute Gasteiger partial charge is 0.327 e. The lowest BCUT2D eigenvalue weighted by Crippen LogP contribution is -2.34. The van der Waals surface area contributed by atoms with Gasteiger partial charge in [-0.2, -0.15) is 4.31 Å². The van der Waals surface area contributed by atoms with Crippen LogP contribution >= 0.6 is 12.4 Å². The molecule has 1 unspecified atom stereocenters. The van der Waals surface area contributed by atoms with Crippen molar-refractivity contribution in [1.29, 1.82) is 0 Å². The monoisotopic (exact) mass is 375 g/mol. The summed E-state index contributed by atoms with van der Waals surface area (Å²) in [6.45, 7) is 3.04. The number of H-pyrrole nitrogens is 2. The van der Waals surface area contributed by atoms with Crippen LogP contribution in [0, 0.1) is 5.41 Å². The van der Waals surface area contributed by atoms with Crippen LogP contribution in [0.2, 0.25) is 0 Å². The van der Waals surface area contributed by atoms with E-state index in [0.717, 1.165) is 6.20 Å². The number of hydrogen-bond acceptors (Lipinski definition) is 6. The quantitative estimate of drug-likeness (QED) is 0.653. The number of nitrogens with zero attached hydrogens (tertiary/aromatic N) is 2. The molecule has 2 aromatic rings. The summed E-state index contributed by atoms with van der Waals surface area (Å²) < 4.78 is 26.8. The second-order valence-electron chi connectivity index (χ2n) is 6.08. The van der Waals surface area contributed by atoms with Crippen LogP contribution in [0.25, 0.3) is 11.0 Å². The Hall–Kier alpha value is -1.75. The highest BCUT2D eigenvalue weighted by Crippen LogP contribution is 2.32. The van der Waals surface area contributed by atoms with Gasteiger partial charge in [-0.15, -0.1) is 12.4 Å². The molecule has 0 saturated carbocycles. The first kappa shape index (κ1) is 18.6. The van der Waals surface area contributed by atoms with E-state index in [0.29, 0.717) is 26.1 Å². The lowest BCUT2D eigenvalue weighted by molar-refractivity contribution is 0.349. The average molecular weight is 376 g/mol. The molecule has 0 amide bonds. The third-order valence-corrected chi connectivity index (χ3v) is 6.03. The van der Waals surface area contributed by atoms with Crippen LogP contribution in [0.1, 0.15) is 13.3 Å². The highest BCUT2D eigenvalue weighted by atomic mass is 35.5. The number of nitrogens with two attached hydrogens (primary N) is 1. The Bertz CT molecular complexity index is 986. The van der Waals surface area contributed by atoms with Gasteiger partial charge in [0.25, 0.3) is 5.56 Å². The normalized spacial score (nSPS) is 21.8. The molecule has 1 saturated heterocycles. The number of halogens is 1. The third kappa shape index (κ3) is 3.09. The molecule has 3 heterocycles. The highest BCUT2D eigenvalue weighted by molar-refractivity contribution is 7.89. The maximum absolute atomic E-state index is 12.7. The minimum Gasteiger partial charge on any atom is -0.330 e. The van der Waals surface area contributed by atoms with E-state index in [-0.39, 0.29) is 33.8 Å². The summed E-state index contributed by atoms with van der Waals surface area (Å²) in [6.07, 6.45) is 1.82. The molecule has 3 rings (SSSR count). The third-order valence-electron chi connectivity index (χ3n) is 4.22. The molecule has 24 heavy (non-hydrogen) atoms. The average Bonchev–Trinajstić information content (AvgIpc) is 2.91. The highest BCUT2D eigenvalue weighted by Gasteiger charge is 2.39. The molecule has 1 aliphatic rings. The molecule has 11 heteroatoms. The number of rotatable bonds is 3. The molecular formula is C13H18ClN5O4S. The molecular weight excluding hydrogens is 358 g/mol. The van der Waals surface area contributed by atoms with Gasteiger partial charge in [-0.3, -0.25) is 14.8 Å². The standard InChI is InChI=1S/C13H17N5O4S.ClH/c1-13(6-14)2-3-18(7-13)23(21,22)8-4-9-10(15-5-8)16-12(20)17-11(9)19;/h4-5H,2-3,6-7,14H2,1H3,(H2,15,16,17,19,20);1H. The van der Waals surface area contributed by atoms with Crippen molar-refractivity contribution < 1.29 is 8.42 Å². The first-order valence-corrected chi connectivity index (χ1v) is 8.52. The molecule has 1 fully saturated rings. The van der Waals surface area contributed by atoms with E-state index in [1.807, 2.05) is 6.92 Å². The Labute approximate surface area is 143 Å². The van der Waals surface area contributed by atoms with Crippen molar-refractivity contribution in [2.75, 3.05) is 19.6 Å². The fourth-order valence-corrected chi connectivity index (χ4v) is 4.23. The Morgan fingerprint density at radius 2 is 2.08 bits per heavy atom. The number of fused-ring (bicyclic) bond motifs is 1. The van der Waals surface area contributed by atoms with E-state index in [9.17, 15) is 18.0 Å². The van der Waals surface area contributed by atoms with E-state index in [1.165, 1.54) is 10.4 Å². The van der Waals surface area contributed by atoms with Crippen LogP contribution in [-0.4, -0.2) is 47.3 Å². The number of pyridine rings is 1. The molecule has 0 bridgehead atoms. The van der Waals surface area contributed by atoms with E-state index in [4.69, 9.17) is 5.73 Å². The van der Waals surface area contributed by atoms with Gasteiger partial charge in [0.1, 0.15) is 10.5 Å². The molecule has 0 spiro atoms. The van der Waals surface area contributed by atoms with Gasteiger partial charge in [0.15, 0.2) is 0 Å². The van der Waals surface area contributed by atoms with Crippen molar-refractivity contribution in [3.05, 3.63) is 33.1 Å². The zero-order valence-electron chi connectivity index (χ0n) is 12.9. The van der Waals surface area contributed by atoms with Gasteiger partial charge in [0.05, 0.1) is 5.39 Å². The maximum atomic E-state index is 12.7. The van der Waals surface area contributed by atoms with E-state index < -0.39 is 21.3 Å². The molecule has 2 aromatic heterocycles. The van der Waals surface area contributed by atoms with Gasteiger partial charge in [0, 0.05) is 19.3 Å². The van der Waals surface area contributed by atoms with Crippen LogP contribution < -0.4 is 17.0 Å². The Balaban J connectivity index is 0.00000208. The van der Waals surface area contributed by atoms with Crippen molar-refractivity contribution in [3.8, 4) is 0 Å². The van der Waals surface area contributed by atoms with Crippen LogP contribution in [-0.2, 0) is 10.0 Å². The molecule has 1 atom stereocenters. The Morgan fingerprint density at radius 3 is 2.71 bits per heavy atom. The van der Waals surface area contributed by atoms with Crippen LogP contribution in [0.4, 0.5) is 0 Å². The first-order chi connectivity index (χ1) is 10.7. The van der Waals surface area contributed by atoms with Crippen molar-refractivity contribution in [2.45, 2.75) is 18.2 Å². The van der Waals surface area contributed by atoms with Gasteiger partial charge in [-0.05, 0) is 24.4 Å². The number of sulfonamides is 1. The van der Waals surface area contributed by atoms with Crippen LogP contribution in [0.3, 0.4) is 0 Å². The minimum absolute atomic E-state index is 0. The first-order valence-electron chi connectivity index (χ1n) is 7.08. The van der Waals surface area contributed by atoms with Crippen molar-refractivity contribution in [3.63, 3.8) is 0 Å². The molecule has 0 aliphatic carbocycles. The predicted molar refractivity (Wildman–Crippen MR) is 90.8 cm³/mol. The predicted octanol–water partition coefficient (Wildman–Crippen LogP) is -0.607. The molecule has 132 valence electrons. The Kier molecular flexibility index (Phi) is 4.86. The number of hydrogen-bond donors (Lipinski definition) is 3. The van der Waals surface area contributed by atoms with Gasteiger partial charge < -0.3 is 5.73 Å². The maximum Gasteiger partial charge on any atom is 0.327 e. The van der Waals surface area contributed by atoms with E-state index in [1.54, 1.807) is 0 Å². The molecule has 4 N–H and O–H groups in total. The van der Waals surface area contributed by atoms with E-state index >= 15 is 0 Å². The van der Waals surface area contributed by atoms with E-state index in [2.05, 4.69) is 15.0 Å². The van der Waals surface area contributed by atoms with Gasteiger partial charge in [-0.1, -0.05) is 6.92 Å². The summed E-state index contributed by atoms with van der Waals surface area (Å²) in [4.78, 5) is 31.2. The fraction of sp³-hybridized carbons (Fsp3) is 0.462. The second-order valence-corrected chi connectivity index (χ2v) is 8.02. The Morgan fingerprint density at radius 1 is 1.38 bits per heavy atom. The molecule has 1 aliphatic heterocycles. The van der Waals surface area contributed by atoms with Crippen molar-refractivity contribution in [1.82, 2.24) is 19.3 Å². The van der Waals surface area contributed by atoms with Crippen molar-refractivity contribution in [2.24, 2.45) is 11.1 Å². The summed E-state index contributed by atoms with van der Waals surface area (Å²) in [5, 5.41) is 0.0199. The van der Waals surface area contributed by atoms with Crippen LogP contribution in [0.5, 0.6) is 0 Å². The lowest BCUT2D eigenvalue weighted by Gasteiger charge is -2.22. The van der Waals surface area contributed by atoms with Gasteiger partial charge in [-0.25, -0.2) is 18.2 Å². The van der Waals surface area contributed by atoms with Gasteiger partial charge >= 0.3 is 5.69 Å². The SMILES string of the molecule is CC1(CN)CCN(S(=O)(=O)c2cnc3[nH]c(=O)[nH]c(=O)c3c2)C1.Cl. The summed E-state index contributed by atoms with van der Waals surface area (Å²) in [5.74, 6) is 0. The number of aromatic amines is 2. The van der Waals surface area contributed by atoms with Gasteiger partial charge in [0.2, 0.25) is 10.0 Å². The second kappa shape index (κ2) is 6.28. The van der Waals surface area contributed by atoms with Crippen LogP contribution in [0.15, 0.2) is 26.7 Å². The minimum atomic E-state index is -3.77. The lowest BCUT2D eigenvalue weighted by atomic mass is 9.90. The fourth-order valence-electron chi connectivity index (χ4n) is 2.67. The molecule has 9 nitrogen and oxygen atoms in total. The summed E-state index contributed by atoms with van der Waals surface area (Å²) >= 11 is 0. The zero-order chi connectivity index (χ0) is 16.8. The summed E-state index contributed by atoms with van der Waals surface area (Å²) in [7, 11) is -3.77. The molecule has 0 aromatic carbocycles. The van der Waals surface area contributed by atoms with Crippen molar-refractivity contribution >= 4 is 33.5 Å². The summed E-state index contributed by atoms with van der Waals surface area (Å²) in [5.41, 5.74) is 4.13. The number of nitrogens with one attached hydrogen (secondary N) is 2. The molecule has 0 radical (unpaired) electrons. The largest absolute Gasteiger partial charge is 0.330 e.